The second-order valence-electron chi connectivity index (χ2n) is 5.50. The quantitative estimate of drug-likeness (QED) is 0.167. The third kappa shape index (κ3) is 12.1. The van der Waals surface area contributed by atoms with E-state index in [2.05, 4.69) is 26.0 Å². The maximum atomic E-state index is 11.2. The maximum absolute atomic E-state index is 11.2. The molecule has 0 amide bonds. The molecule has 0 aromatic carbocycles. The number of hydrogen-bond acceptors (Lipinski definition) is 5. The van der Waals surface area contributed by atoms with Gasteiger partial charge in [0.05, 0.1) is 17.3 Å². The molecule has 0 aliphatic rings. The van der Waals surface area contributed by atoms with E-state index in [1.807, 2.05) is 13.8 Å². The van der Waals surface area contributed by atoms with E-state index in [0.29, 0.717) is 13.0 Å². The smallest absolute Gasteiger partial charge is 0.305 e. The van der Waals surface area contributed by atoms with Crippen molar-refractivity contribution < 1.29 is 9.53 Å². The van der Waals surface area contributed by atoms with Gasteiger partial charge in [0.1, 0.15) is 0 Å². The molecular weight excluding hydrogens is 451 g/mol. The molecule has 0 saturated heterocycles. The second-order valence-corrected chi connectivity index (χ2v) is 6.57. The average molecular weight is 482 g/mol. The number of aliphatic imine (C=N–C) groups is 1. The van der Waals surface area contributed by atoms with E-state index in [0.717, 1.165) is 61.9 Å². The van der Waals surface area contributed by atoms with Crippen molar-refractivity contribution in [3.8, 4) is 0 Å². The zero-order chi connectivity index (χ0) is 17.6. The number of aryl methyl sites for hydroxylation is 1. The highest BCUT2D eigenvalue weighted by atomic mass is 127. The van der Waals surface area contributed by atoms with Crippen molar-refractivity contribution in [2.24, 2.45) is 4.99 Å². The summed E-state index contributed by atoms with van der Waals surface area (Å²) in [6, 6.07) is 0. The molecule has 6 nitrogen and oxygen atoms in total. The summed E-state index contributed by atoms with van der Waals surface area (Å²) in [6.45, 7) is 6.03. The normalized spacial score (nSPS) is 10.9. The van der Waals surface area contributed by atoms with Crippen molar-refractivity contribution in [3.05, 3.63) is 16.1 Å². The molecular formula is C17H31IN4O2S. The minimum Gasteiger partial charge on any atom is -0.466 e. The average Bonchev–Trinajstić information content (AvgIpc) is 2.97. The molecule has 144 valence electrons. The Hall–Kier alpha value is -0.900. The predicted molar refractivity (Wildman–Crippen MR) is 115 cm³/mol. The van der Waals surface area contributed by atoms with E-state index in [-0.39, 0.29) is 29.9 Å². The van der Waals surface area contributed by atoms with Crippen LogP contribution in [0.4, 0.5) is 0 Å². The lowest BCUT2D eigenvalue weighted by atomic mass is 10.1. The molecule has 0 aliphatic carbocycles. The van der Waals surface area contributed by atoms with Crippen LogP contribution in [0.5, 0.6) is 0 Å². The van der Waals surface area contributed by atoms with Crippen molar-refractivity contribution in [2.45, 2.75) is 52.4 Å². The first kappa shape index (κ1) is 24.1. The van der Waals surface area contributed by atoms with Gasteiger partial charge in [-0.05, 0) is 26.7 Å². The molecule has 0 saturated carbocycles. The van der Waals surface area contributed by atoms with Crippen molar-refractivity contribution in [2.75, 3.05) is 26.7 Å². The van der Waals surface area contributed by atoms with Crippen LogP contribution in [0.2, 0.25) is 0 Å². The van der Waals surface area contributed by atoms with Crippen molar-refractivity contribution in [1.29, 1.82) is 0 Å². The van der Waals surface area contributed by atoms with Gasteiger partial charge in [-0.2, -0.15) is 0 Å². The number of ether oxygens (including phenoxy) is 1. The Kier molecular flexibility index (Phi) is 14.8. The van der Waals surface area contributed by atoms with Crippen LogP contribution in [0.15, 0.2) is 10.4 Å². The standard InChI is InChI=1S/C17H30N4O2S.HI/c1-4-23-16(22)9-7-5-6-8-11-19-17(18-3)20-12-10-15-13-24-14(2)21-15;/h13H,4-12H2,1-3H3,(H2,18,19,20);1H. The molecule has 1 heterocycles. The van der Waals surface area contributed by atoms with Gasteiger partial charge in [-0.15, -0.1) is 35.3 Å². The number of carbonyl (C=O) groups excluding carboxylic acids is 1. The lowest BCUT2D eigenvalue weighted by Crippen LogP contribution is -2.38. The SMILES string of the molecule is CCOC(=O)CCCCCCNC(=NC)NCCc1csc(C)n1.I. The Labute approximate surface area is 172 Å². The minimum atomic E-state index is -0.0875. The van der Waals surface area contributed by atoms with Gasteiger partial charge in [-0.1, -0.05) is 12.8 Å². The third-order valence-corrected chi connectivity index (χ3v) is 4.29. The van der Waals surface area contributed by atoms with Gasteiger partial charge in [0.2, 0.25) is 0 Å². The highest BCUT2D eigenvalue weighted by molar-refractivity contribution is 14.0. The van der Waals surface area contributed by atoms with Gasteiger partial charge in [-0.3, -0.25) is 9.79 Å². The minimum absolute atomic E-state index is 0. The van der Waals surface area contributed by atoms with Crippen LogP contribution in [0.25, 0.3) is 0 Å². The van der Waals surface area contributed by atoms with Gasteiger partial charge in [0.15, 0.2) is 5.96 Å². The highest BCUT2D eigenvalue weighted by Gasteiger charge is 2.02. The number of nitrogens with one attached hydrogen (secondary N) is 2. The van der Waals surface area contributed by atoms with Gasteiger partial charge < -0.3 is 15.4 Å². The van der Waals surface area contributed by atoms with E-state index in [1.165, 1.54) is 0 Å². The molecule has 0 unspecified atom stereocenters. The summed E-state index contributed by atoms with van der Waals surface area (Å²) < 4.78 is 4.91. The number of aromatic nitrogens is 1. The van der Waals surface area contributed by atoms with Crippen LogP contribution in [-0.2, 0) is 16.0 Å². The zero-order valence-electron chi connectivity index (χ0n) is 15.5. The molecule has 2 N–H and O–H groups in total. The molecule has 1 aromatic rings. The topological polar surface area (TPSA) is 75.6 Å². The number of guanidine groups is 1. The molecule has 0 bridgehead atoms. The van der Waals surface area contributed by atoms with E-state index >= 15 is 0 Å². The molecule has 1 rings (SSSR count). The van der Waals surface area contributed by atoms with Crippen LogP contribution < -0.4 is 10.6 Å². The summed E-state index contributed by atoms with van der Waals surface area (Å²) in [5.41, 5.74) is 1.13. The van der Waals surface area contributed by atoms with Crippen LogP contribution in [0.3, 0.4) is 0 Å². The largest absolute Gasteiger partial charge is 0.466 e. The van der Waals surface area contributed by atoms with Crippen molar-refractivity contribution in [1.82, 2.24) is 15.6 Å². The summed E-state index contributed by atoms with van der Waals surface area (Å²) in [5, 5.41) is 9.82. The van der Waals surface area contributed by atoms with Gasteiger partial charge in [0, 0.05) is 38.4 Å². The Morgan fingerprint density at radius 3 is 2.60 bits per heavy atom. The first-order chi connectivity index (χ1) is 11.7. The summed E-state index contributed by atoms with van der Waals surface area (Å²) in [4.78, 5) is 19.9. The molecule has 1 aromatic heterocycles. The van der Waals surface area contributed by atoms with Crippen LogP contribution in [0.1, 0.15) is 49.7 Å². The fourth-order valence-corrected chi connectivity index (χ4v) is 2.89. The number of rotatable bonds is 11. The molecule has 0 fully saturated rings. The molecule has 25 heavy (non-hydrogen) atoms. The Morgan fingerprint density at radius 1 is 1.24 bits per heavy atom. The van der Waals surface area contributed by atoms with Crippen LogP contribution >= 0.6 is 35.3 Å². The molecule has 0 radical (unpaired) electrons. The van der Waals surface area contributed by atoms with E-state index in [4.69, 9.17) is 4.74 Å². The van der Waals surface area contributed by atoms with Gasteiger partial charge in [0.25, 0.3) is 0 Å². The van der Waals surface area contributed by atoms with Gasteiger partial charge >= 0.3 is 5.97 Å². The monoisotopic (exact) mass is 482 g/mol. The van der Waals surface area contributed by atoms with Gasteiger partial charge in [-0.25, -0.2) is 4.98 Å². The number of unbranched alkanes of at least 4 members (excludes halogenated alkanes) is 3. The van der Waals surface area contributed by atoms with Crippen molar-refractivity contribution >= 4 is 47.2 Å². The van der Waals surface area contributed by atoms with E-state index < -0.39 is 0 Å². The lowest BCUT2D eigenvalue weighted by Gasteiger charge is -2.11. The first-order valence-corrected chi connectivity index (χ1v) is 9.54. The molecule has 0 aliphatic heterocycles. The highest BCUT2D eigenvalue weighted by Crippen LogP contribution is 2.07. The summed E-state index contributed by atoms with van der Waals surface area (Å²) in [7, 11) is 1.78. The fourth-order valence-electron chi connectivity index (χ4n) is 2.24. The molecule has 0 spiro atoms. The predicted octanol–water partition coefficient (Wildman–Crippen LogP) is 3.29. The molecule has 0 atom stereocenters. The second kappa shape index (κ2) is 15.4. The third-order valence-electron chi connectivity index (χ3n) is 3.47. The van der Waals surface area contributed by atoms with E-state index in [9.17, 15) is 4.79 Å². The molecule has 8 heteroatoms. The number of halogens is 1. The Balaban J connectivity index is 0.00000576. The Bertz CT molecular complexity index is 509. The lowest BCUT2D eigenvalue weighted by molar-refractivity contribution is -0.143. The van der Waals surface area contributed by atoms with E-state index in [1.54, 1.807) is 18.4 Å². The number of thiazole rings is 1. The number of hydrogen-bond donors (Lipinski definition) is 2. The fraction of sp³-hybridized carbons (Fsp3) is 0.706. The zero-order valence-corrected chi connectivity index (χ0v) is 18.6. The van der Waals surface area contributed by atoms with Crippen LogP contribution in [-0.4, -0.2) is 43.7 Å². The number of carbonyl (C=O) groups is 1. The first-order valence-electron chi connectivity index (χ1n) is 8.66. The number of esters is 1. The maximum Gasteiger partial charge on any atom is 0.305 e. The summed E-state index contributed by atoms with van der Waals surface area (Å²) in [6.07, 6.45) is 5.55. The number of nitrogens with zero attached hydrogens (tertiary/aromatic N) is 2. The Morgan fingerprint density at radius 2 is 1.96 bits per heavy atom. The van der Waals surface area contributed by atoms with Crippen LogP contribution in [0, 0.1) is 6.92 Å². The summed E-state index contributed by atoms with van der Waals surface area (Å²) in [5.74, 6) is 0.740. The summed E-state index contributed by atoms with van der Waals surface area (Å²) >= 11 is 1.68. The van der Waals surface area contributed by atoms with Crippen molar-refractivity contribution in [3.63, 3.8) is 0 Å².